The molecular formula is C23H24N4O5S2. The molecule has 2 aliphatic heterocycles. The van der Waals surface area contributed by atoms with E-state index >= 15 is 0 Å². The molecule has 2 aliphatic rings. The van der Waals surface area contributed by atoms with Gasteiger partial charge in [-0.15, -0.1) is 0 Å². The Kier molecular flexibility index (Phi) is 6.30. The molecular weight excluding hydrogens is 476 g/mol. The number of fused-ring (bicyclic) bond motifs is 2. The zero-order chi connectivity index (χ0) is 23.8. The van der Waals surface area contributed by atoms with Crippen molar-refractivity contribution in [1.29, 1.82) is 0 Å². The summed E-state index contributed by atoms with van der Waals surface area (Å²) in [6.45, 7) is 3.32. The second-order valence-electron chi connectivity index (χ2n) is 8.02. The van der Waals surface area contributed by atoms with Crippen molar-refractivity contribution in [3.8, 4) is 17.5 Å². The van der Waals surface area contributed by atoms with Gasteiger partial charge in [-0.1, -0.05) is 35.7 Å². The third kappa shape index (κ3) is 3.96. The van der Waals surface area contributed by atoms with Crippen LogP contribution in [0.1, 0.15) is 42.4 Å². The zero-order valence-electron chi connectivity index (χ0n) is 18.6. The van der Waals surface area contributed by atoms with E-state index in [-0.39, 0.29) is 11.1 Å². The van der Waals surface area contributed by atoms with Gasteiger partial charge in [-0.3, -0.25) is 18.7 Å². The molecule has 2 aromatic heterocycles. The van der Waals surface area contributed by atoms with E-state index in [1.807, 2.05) is 6.92 Å². The largest absolute Gasteiger partial charge is 0.494 e. The van der Waals surface area contributed by atoms with Crippen molar-refractivity contribution in [3.63, 3.8) is 0 Å². The van der Waals surface area contributed by atoms with Crippen LogP contribution in [0.15, 0.2) is 44.2 Å². The van der Waals surface area contributed by atoms with Crippen LogP contribution >= 0.6 is 23.5 Å². The number of benzene rings is 1. The van der Waals surface area contributed by atoms with Gasteiger partial charge in [0.15, 0.2) is 10.3 Å². The van der Waals surface area contributed by atoms with Crippen molar-refractivity contribution < 1.29 is 14.9 Å². The lowest BCUT2D eigenvalue weighted by Crippen LogP contribution is -2.35. The highest BCUT2D eigenvalue weighted by Gasteiger charge is 2.34. The number of thioether (sulfide) groups is 2. The van der Waals surface area contributed by atoms with Crippen LogP contribution < -0.4 is 15.9 Å². The Bertz CT molecular complexity index is 1270. The molecule has 1 aromatic carbocycles. The number of hydrogen-bond acceptors (Lipinski definition) is 9. The summed E-state index contributed by atoms with van der Waals surface area (Å²) in [6.07, 6.45) is 1.59. The number of nitrogens with zero attached hydrogens (tertiary/aromatic N) is 4. The van der Waals surface area contributed by atoms with Crippen molar-refractivity contribution in [3.05, 3.63) is 61.7 Å². The molecule has 34 heavy (non-hydrogen) atoms. The Morgan fingerprint density at radius 1 is 0.912 bits per heavy atom. The van der Waals surface area contributed by atoms with E-state index in [0.29, 0.717) is 41.3 Å². The lowest BCUT2D eigenvalue weighted by atomic mass is 9.86. The van der Waals surface area contributed by atoms with Crippen molar-refractivity contribution in [2.24, 2.45) is 0 Å². The molecule has 0 bridgehead atoms. The molecule has 0 spiro atoms. The number of rotatable bonds is 5. The topological polar surface area (TPSA) is 119 Å². The quantitative estimate of drug-likeness (QED) is 0.510. The average Bonchev–Trinajstić information content (AvgIpc) is 2.84. The Morgan fingerprint density at radius 2 is 1.41 bits per heavy atom. The fourth-order valence-electron chi connectivity index (χ4n) is 4.37. The summed E-state index contributed by atoms with van der Waals surface area (Å²) in [7, 11) is 0. The predicted octanol–water partition coefficient (Wildman–Crippen LogP) is 2.78. The number of aromatic nitrogens is 4. The first kappa shape index (κ1) is 22.9. The van der Waals surface area contributed by atoms with Gasteiger partial charge in [-0.2, -0.15) is 9.97 Å². The molecule has 0 saturated heterocycles. The summed E-state index contributed by atoms with van der Waals surface area (Å²) in [4.78, 5) is 35.8. The van der Waals surface area contributed by atoms with Gasteiger partial charge in [0.2, 0.25) is 11.8 Å². The minimum absolute atomic E-state index is 0.0476. The first-order valence-electron chi connectivity index (χ1n) is 11.1. The highest BCUT2D eigenvalue weighted by atomic mass is 32.2. The van der Waals surface area contributed by atoms with Gasteiger partial charge in [0.25, 0.3) is 11.1 Å². The molecule has 5 rings (SSSR count). The molecule has 0 aliphatic carbocycles. The van der Waals surface area contributed by atoms with Crippen molar-refractivity contribution in [1.82, 2.24) is 19.1 Å². The van der Waals surface area contributed by atoms with Crippen molar-refractivity contribution >= 4 is 23.5 Å². The number of hydrogen-bond donors (Lipinski definition) is 2. The normalized spacial score (nSPS) is 15.1. The molecule has 9 nitrogen and oxygen atoms in total. The van der Waals surface area contributed by atoms with Gasteiger partial charge in [0.1, 0.15) is 5.75 Å². The summed E-state index contributed by atoms with van der Waals surface area (Å²) >= 11 is 2.81. The summed E-state index contributed by atoms with van der Waals surface area (Å²) in [5.74, 6) is 0.308. The molecule has 11 heteroatoms. The second kappa shape index (κ2) is 9.38. The first-order chi connectivity index (χ1) is 16.5. The zero-order valence-corrected chi connectivity index (χ0v) is 20.2. The van der Waals surface area contributed by atoms with Gasteiger partial charge in [0.05, 0.1) is 23.7 Å². The minimum Gasteiger partial charge on any atom is -0.494 e. The van der Waals surface area contributed by atoms with Crippen molar-refractivity contribution in [2.75, 3.05) is 18.1 Å². The molecule has 178 valence electrons. The molecule has 2 N–H and O–H groups in total. The van der Waals surface area contributed by atoms with E-state index in [4.69, 9.17) is 4.74 Å². The molecule has 0 fully saturated rings. The first-order valence-corrected chi connectivity index (χ1v) is 13.1. The Labute approximate surface area is 203 Å². The predicted molar refractivity (Wildman–Crippen MR) is 130 cm³/mol. The van der Waals surface area contributed by atoms with Crippen LogP contribution in [0.4, 0.5) is 0 Å². The van der Waals surface area contributed by atoms with E-state index in [1.54, 1.807) is 24.3 Å². The smallest absolute Gasteiger partial charge is 0.262 e. The van der Waals surface area contributed by atoms with Crippen LogP contribution in [0.25, 0.3) is 0 Å². The van der Waals surface area contributed by atoms with E-state index in [2.05, 4.69) is 9.97 Å². The van der Waals surface area contributed by atoms with Crippen LogP contribution in [0, 0.1) is 0 Å². The number of ether oxygens (including phenoxy) is 1. The van der Waals surface area contributed by atoms with Crippen LogP contribution in [-0.4, -0.2) is 47.4 Å². The maximum atomic E-state index is 13.6. The van der Waals surface area contributed by atoms with Crippen LogP contribution in [0.2, 0.25) is 0 Å². The van der Waals surface area contributed by atoms with E-state index < -0.39 is 28.8 Å². The second-order valence-corrected chi connectivity index (χ2v) is 10.1. The van der Waals surface area contributed by atoms with Crippen molar-refractivity contribution in [2.45, 2.75) is 49.1 Å². The highest BCUT2D eigenvalue weighted by molar-refractivity contribution is 7.99. The van der Waals surface area contributed by atoms with Gasteiger partial charge in [-0.25, -0.2) is 0 Å². The minimum atomic E-state index is -1.05. The lowest BCUT2D eigenvalue weighted by molar-refractivity contribution is 0.340. The summed E-state index contributed by atoms with van der Waals surface area (Å²) in [5, 5.41) is 22.7. The molecule has 4 heterocycles. The maximum Gasteiger partial charge on any atom is 0.262 e. The Balaban J connectivity index is 1.77. The fraction of sp³-hybridized carbons (Fsp3) is 0.391. The van der Waals surface area contributed by atoms with Gasteiger partial charge >= 0.3 is 0 Å². The van der Waals surface area contributed by atoms with Crippen LogP contribution in [-0.2, 0) is 13.1 Å². The van der Waals surface area contributed by atoms with Crippen LogP contribution in [0.5, 0.6) is 17.5 Å². The standard InChI is InChI=1S/C23H24N4O5S2/c1-2-32-14-7-5-13(6-8-14)15(16-18(28)24-22-26(20(16)30)9-3-11-33-22)17-19(29)25-23-27(21(17)31)10-4-12-34-23/h5-8,15,28-29H,2-4,9-12H2,1H3. The lowest BCUT2D eigenvalue weighted by Gasteiger charge is -2.24. The SMILES string of the molecule is CCOc1ccc(C(c2c(O)nc3n(c2=O)CCCS3)c2c(O)nc3n(c2=O)CCCS3)cc1. The molecule has 0 amide bonds. The highest BCUT2D eigenvalue weighted by Crippen LogP contribution is 2.38. The monoisotopic (exact) mass is 500 g/mol. The molecule has 0 atom stereocenters. The Hall–Kier alpha value is -2.92. The van der Waals surface area contributed by atoms with E-state index in [0.717, 1.165) is 24.3 Å². The number of aromatic hydroxyl groups is 2. The fourth-order valence-corrected chi connectivity index (χ4v) is 6.25. The third-order valence-corrected chi connectivity index (χ3v) is 8.04. The van der Waals surface area contributed by atoms with E-state index in [1.165, 1.54) is 32.7 Å². The van der Waals surface area contributed by atoms with E-state index in [9.17, 15) is 19.8 Å². The van der Waals surface area contributed by atoms with Gasteiger partial charge in [-0.05, 0) is 37.5 Å². The third-order valence-electron chi connectivity index (χ3n) is 5.91. The summed E-state index contributed by atoms with van der Waals surface area (Å²) in [5.41, 5.74) is -0.406. The Morgan fingerprint density at radius 3 is 1.88 bits per heavy atom. The molecule has 3 aromatic rings. The molecule has 0 radical (unpaired) electrons. The van der Waals surface area contributed by atoms with Crippen LogP contribution in [0.3, 0.4) is 0 Å². The molecule has 0 saturated carbocycles. The van der Waals surface area contributed by atoms with Gasteiger partial charge in [0, 0.05) is 24.6 Å². The van der Waals surface area contributed by atoms with Gasteiger partial charge < -0.3 is 14.9 Å². The maximum absolute atomic E-state index is 13.6. The average molecular weight is 501 g/mol. The molecule has 0 unspecified atom stereocenters. The summed E-state index contributed by atoms with van der Waals surface area (Å²) in [6, 6.07) is 6.92. The summed E-state index contributed by atoms with van der Waals surface area (Å²) < 4.78 is 8.59.